The average Bonchev–Trinajstić information content (AvgIpc) is 3.00. The van der Waals surface area contributed by atoms with Crippen molar-refractivity contribution >= 4 is 0 Å². The molecule has 3 rings (SSSR count). The highest BCUT2D eigenvalue weighted by atomic mass is 19.2. The number of rotatable bonds is 11. The maximum Gasteiger partial charge on any atom is 0.308 e. The van der Waals surface area contributed by atoms with Crippen molar-refractivity contribution in [2.24, 2.45) is 0 Å². The summed E-state index contributed by atoms with van der Waals surface area (Å²) in [5.41, 5.74) is -7.48. The second-order valence-corrected chi connectivity index (χ2v) is 9.49. The lowest BCUT2D eigenvalue weighted by Crippen LogP contribution is -2.48. The summed E-state index contributed by atoms with van der Waals surface area (Å²) in [5.74, 6) is -26.4. The van der Waals surface area contributed by atoms with E-state index in [9.17, 15) is 57.8 Å². The van der Waals surface area contributed by atoms with Crippen LogP contribution < -0.4 is 0 Å². The van der Waals surface area contributed by atoms with Crippen LogP contribution in [0.15, 0.2) is 0 Å². The van der Waals surface area contributed by atoms with Gasteiger partial charge in [-0.15, -0.1) is 0 Å². The van der Waals surface area contributed by atoms with Crippen LogP contribution in [0.5, 0.6) is 0 Å². The van der Waals surface area contributed by atoms with Gasteiger partial charge >= 0.3 is 5.97 Å². The highest BCUT2D eigenvalue weighted by Crippen LogP contribution is 2.32. The number of halogens is 12. The highest BCUT2D eigenvalue weighted by Gasteiger charge is 2.42. The summed E-state index contributed by atoms with van der Waals surface area (Å²) in [6.07, 6.45) is -2.73. The molecule has 0 aliphatic rings. The van der Waals surface area contributed by atoms with Crippen LogP contribution in [-0.2, 0) is 34.0 Å². The van der Waals surface area contributed by atoms with Crippen LogP contribution in [0.2, 0.25) is 0 Å². The van der Waals surface area contributed by atoms with Crippen molar-refractivity contribution < 1.29 is 72.0 Å². The summed E-state index contributed by atoms with van der Waals surface area (Å²) >= 11 is 0. The lowest BCUT2D eigenvalue weighted by Gasteiger charge is -2.35. The number of aliphatic hydroxyl groups is 1. The van der Waals surface area contributed by atoms with Gasteiger partial charge in [-0.05, 0) is 27.2 Å². The van der Waals surface area contributed by atoms with Crippen LogP contribution in [0.3, 0.4) is 0 Å². The van der Waals surface area contributed by atoms with Crippen LogP contribution in [-0.4, -0.2) is 17.2 Å². The van der Waals surface area contributed by atoms with E-state index in [1.165, 1.54) is 0 Å². The van der Waals surface area contributed by atoms with Crippen LogP contribution >= 0.6 is 0 Å². The van der Waals surface area contributed by atoms with Gasteiger partial charge in [-0.3, -0.25) is 0 Å². The van der Waals surface area contributed by atoms with Gasteiger partial charge in [0.1, 0.15) is 6.10 Å². The molecule has 0 aliphatic carbocycles. The van der Waals surface area contributed by atoms with E-state index in [0.29, 0.717) is 13.8 Å². The molecule has 0 saturated carbocycles. The molecule has 0 aromatic heterocycles. The fraction of sp³-hybridized carbons (Fsp3) is 0.357. The average molecular weight is 650 g/mol. The Balaban J connectivity index is 2.04. The second kappa shape index (κ2) is 13.3. The van der Waals surface area contributed by atoms with Gasteiger partial charge in [0.25, 0.3) is 0 Å². The van der Waals surface area contributed by atoms with E-state index in [0.717, 1.165) is 13.8 Å². The van der Waals surface area contributed by atoms with Crippen molar-refractivity contribution in [3.8, 4) is 0 Å². The largest absolute Gasteiger partial charge is 0.365 e. The van der Waals surface area contributed by atoms with Crippen molar-refractivity contribution in [1.29, 1.82) is 0 Å². The molecule has 4 nitrogen and oxygen atoms in total. The number of hydrogen-bond acceptors (Lipinski definition) is 4. The van der Waals surface area contributed by atoms with Gasteiger partial charge in [-0.25, -0.2) is 52.7 Å². The van der Waals surface area contributed by atoms with Gasteiger partial charge in [-0.1, -0.05) is 6.92 Å². The predicted octanol–water partition coefficient (Wildman–Crippen LogP) is 7.66. The molecule has 1 N–H and O–H groups in total. The molecule has 0 spiro atoms. The van der Waals surface area contributed by atoms with E-state index in [1.54, 1.807) is 0 Å². The summed E-state index contributed by atoms with van der Waals surface area (Å²) in [6.45, 7) is -1.36. The summed E-state index contributed by atoms with van der Waals surface area (Å²) in [6, 6.07) is 0. The lowest BCUT2D eigenvalue weighted by molar-refractivity contribution is -0.411. The van der Waals surface area contributed by atoms with Crippen LogP contribution in [0.4, 0.5) is 52.7 Å². The third-order valence-electron chi connectivity index (χ3n) is 6.77. The fourth-order valence-electron chi connectivity index (χ4n) is 3.98. The Kier molecular flexibility index (Phi) is 10.7. The Morgan fingerprint density at radius 1 is 0.477 bits per heavy atom. The minimum atomic E-state index is -3.54. The Morgan fingerprint density at radius 3 is 0.977 bits per heavy atom. The van der Waals surface area contributed by atoms with Crippen LogP contribution in [0, 0.1) is 90.6 Å². The van der Waals surface area contributed by atoms with Gasteiger partial charge in [-0.2, -0.15) is 0 Å². The first kappa shape index (κ1) is 35.1. The molecule has 0 radical (unpaired) electrons. The summed E-state index contributed by atoms with van der Waals surface area (Å²) in [4.78, 5) is 0. The quantitative estimate of drug-likeness (QED) is 0.132. The van der Waals surface area contributed by atoms with Gasteiger partial charge in [0, 0.05) is 16.7 Å². The molecule has 0 heterocycles. The maximum absolute atomic E-state index is 14.5. The van der Waals surface area contributed by atoms with E-state index in [1.807, 2.05) is 0 Å². The number of benzene rings is 3. The van der Waals surface area contributed by atoms with Crippen molar-refractivity contribution in [1.82, 2.24) is 0 Å². The normalized spacial score (nSPS) is 12.8. The number of ether oxygens (including phenoxy) is 3. The first-order chi connectivity index (χ1) is 20.4. The molecule has 0 amide bonds. The Morgan fingerprint density at radius 2 is 0.727 bits per heavy atom. The molecule has 0 bridgehead atoms. The van der Waals surface area contributed by atoms with Crippen LogP contribution in [0.25, 0.3) is 0 Å². The standard InChI is InChI=1S/C28H22F12O4/c1-5-15(42-6-12-22(35)16(29)9(2)17(30)23(12)36)28(41,43-7-13-24(37)18(31)10(3)19(32)25(13)38)44-8-14-26(39)20(33)11(4)21(34)27(14)40/h15,41H,5-8H2,1-4H3. The van der Waals surface area contributed by atoms with E-state index in [2.05, 4.69) is 0 Å². The molecule has 1 unspecified atom stereocenters. The zero-order chi connectivity index (χ0) is 33.4. The minimum Gasteiger partial charge on any atom is -0.365 e. The monoisotopic (exact) mass is 650 g/mol. The second-order valence-electron chi connectivity index (χ2n) is 9.49. The molecule has 1 atom stereocenters. The maximum atomic E-state index is 14.5. The zero-order valence-electron chi connectivity index (χ0n) is 23.1. The predicted molar refractivity (Wildman–Crippen MR) is 126 cm³/mol. The Bertz CT molecular complexity index is 1430. The summed E-state index contributed by atoms with van der Waals surface area (Å²) in [5, 5.41) is 11.1. The highest BCUT2D eigenvalue weighted by molar-refractivity contribution is 5.30. The van der Waals surface area contributed by atoms with Crippen molar-refractivity contribution in [2.75, 3.05) is 0 Å². The Hall–Kier alpha value is -3.34. The molecule has 44 heavy (non-hydrogen) atoms. The third-order valence-corrected chi connectivity index (χ3v) is 6.77. The van der Waals surface area contributed by atoms with E-state index in [4.69, 9.17) is 14.2 Å². The van der Waals surface area contributed by atoms with Crippen molar-refractivity contribution in [3.05, 3.63) is 103 Å². The smallest absolute Gasteiger partial charge is 0.308 e. The van der Waals surface area contributed by atoms with Gasteiger partial charge < -0.3 is 19.3 Å². The topological polar surface area (TPSA) is 47.9 Å². The summed E-state index contributed by atoms with van der Waals surface area (Å²) in [7, 11) is 0. The van der Waals surface area contributed by atoms with Crippen LogP contribution in [0.1, 0.15) is 46.7 Å². The van der Waals surface area contributed by atoms with Gasteiger partial charge in [0.05, 0.1) is 36.5 Å². The molecule has 0 fully saturated rings. The fourth-order valence-corrected chi connectivity index (χ4v) is 3.98. The zero-order valence-corrected chi connectivity index (χ0v) is 23.1. The third kappa shape index (κ3) is 6.25. The number of hydrogen-bond donors (Lipinski definition) is 1. The first-order valence-electron chi connectivity index (χ1n) is 12.5. The molecule has 16 heteroatoms. The van der Waals surface area contributed by atoms with Gasteiger partial charge in [0.2, 0.25) is 0 Å². The molecule has 242 valence electrons. The molecule has 3 aromatic rings. The van der Waals surface area contributed by atoms with E-state index < -0.39 is 142 Å². The Labute approximate surface area is 241 Å². The molecular weight excluding hydrogens is 628 g/mol. The first-order valence-corrected chi connectivity index (χ1v) is 12.5. The van der Waals surface area contributed by atoms with E-state index >= 15 is 0 Å². The summed E-state index contributed by atoms with van der Waals surface area (Å²) < 4.78 is 186. The van der Waals surface area contributed by atoms with Crippen molar-refractivity contribution in [3.63, 3.8) is 0 Å². The van der Waals surface area contributed by atoms with Crippen molar-refractivity contribution in [2.45, 2.75) is 66.0 Å². The molecule has 0 saturated heterocycles. The SMILES string of the molecule is CCC(OCc1c(F)c(F)c(C)c(F)c1F)C(O)(OCc1c(F)c(F)c(C)c(F)c1F)OCc1c(F)c(F)c(C)c(F)c1F. The van der Waals surface area contributed by atoms with Gasteiger partial charge in [0.15, 0.2) is 69.8 Å². The molecule has 0 aliphatic heterocycles. The minimum absolute atomic E-state index is 0.584. The lowest BCUT2D eigenvalue weighted by atomic mass is 10.1. The molecule has 3 aromatic carbocycles. The molecular formula is C28H22F12O4. The van der Waals surface area contributed by atoms with E-state index in [-0.39, 0.29) is 0 Å².